The molecule has 0 aliphatic rings. The predicted octanol–water partition coefficient (Wildman–Crippen LogP) is 0.631. The Bertz CT molecular complexity index is 384. The average Bonchev–Trinajstić information content (AvgIpc) is 2.56. The fourth-order valence-electron chi connectivity index (χ4n) is 1.72. The lowest BCUT2D eigenvalue weighted by molar-refractivity contribution is 0.0781. The molecule has 0 fully saturated rings. The molecule has 0 aliphatic heterocycles. The van der Waals surface area contributed by atoms with Gasteiger partial charge in [-0.15, -0.1) is 0 Å². The number of hydrogen-bond acceptors (Lipinski definition) is 3. The van der Waals surface area contributed by atoms with Crippen LogP contribution in [-0.2, 0) is 7.05 Å². The van der Waals surface area contributed by atoms with Crippen LogP contribution in [0.15, 0.2) is 12.3 Å². The average molecular weight is 238 g/mol. The molecule has 0 bridgehead atoms. The van der Waals surface area contributed by atoms with E-state index in [1.165, 1.54) is 0 Å². The van der Waals surface area contributed by atoms with Crippen molar-refractivity contribution in [2.45, 2.75) is 6.42 Å². The summed E-state index contributed by atoms with van der Waals surface area (Å²) >= 11 is 0. The molecule has 17 heavy (non-hydrogen) atoms. The number of anilines is 1. The molecule has 1 aromatic rings. The third kappa shape index (κ3) is 3.78. The number of nitrogen functional groups attached to an aromatic ring is 1. The molecule has 0 saturated carbocycles. The Morgan fingerprint density at radius 2 is 2.00 bits per heavy atom. The Balaban J connectivity index is 2.55. The summed E-state index contributed by atoms with van der Waals surface area (Å²) in [5.74, 6) is 0.0166. The van der Waals surface area contributed by atoms with Crippen LogP contribution >= 0.6 is 0 Å². The maximum Gasteiger partial charge on any atom is 0.270 e. The van der Waals surface area contributed by atoms with Gasteiger partial charge in [-0.05, 0) is 33.1 Å². The van der Waals surface area contributed by atoms with Crippen molar-refractivity contribution in [2.75, 3.05) is 40.0 Å². The van der Waals surface area contributed by atoms with Crippen molar-refractivity contribution in [2.24, 2.45) is 7.05 Å². The van der Waals surface area contributed by atoms with Gasteiger partial charge < -0.3 is 20.1 Å². The zero-order valence-corrected chi connectivity index (χ0v) is 11.1. The van der Waals surface area contributed by atoms with Crippen LogP contribution in [0.3, 0.4) is 0 Å². The van der Waals surface area contributed by atoms with Crippen LogP contribution in [0.5, 0.6) is 0 Å². The first-order valence-corrected chi connectivity index (χ1v) is 5.74. The number of aryl methyl sites for hydroxylation is 1. The van der Waals surface area contributed by atoms with Gasteiger partial charge >= 0.3 is 0 Å². The highest BCUT2D eigenvalue weighted by molar-refractivity contribution is 5.93. The molecule has 0 aromatic carbocycles. The van der Waals surface area contributed by atoms with E-state index in [1.54, 1.807) is 21.7 Å². The van der Waals surface area contributed by atoms with Gasteiger partial charge in [0, 0.05) is 26.8 Å². The number of aromatic nitrogens is 1. The molecule has 1 amide bonds. The second kappa shape index (κ2) is 5.72. The van der Waals surface area contributed by atoms with Crippen LogP contribution in [0.4, 0.5) is 5.69 Å². The topological polar surface area (TPSA) is 54.5 Å². The third-order valence-electron chi connectivity index (χ3n) is 2.69. The molecule has 5 heteroatoms. The van der Waals surface area contributed by atoms with E-state index < -0.39 is 0 Å². The van der Waals surface area contributed by atoms with Crippen molar-refractivity contribution in [3.63, 3.8) is 0 Å². The lowest BCUT2D eigenvalue weighted by Crippen LogP contribution is -2.30. The second-order valence-corrected chi connectivity index (χ2v) is 4.65. The standard InChI is InChI=1S/C12H22N4O/c1-14(2)6-5-7-15(3)12(17)11-8-10(13)9-16(11)4/h8-9H,5-7,13H2,1-4H3. The van der Waals surface area contributed by atoms with Crippen LogP contribution in [0.25, 0.3) is 0 Å². The van der Waals surface area contributed by atoms with Crippen molar-refractivity contribution in [3.05, 3.63) is 18.0 Å². The van der Waals surface area contributed by atoms with Gasteiger partial charge in [0.25, 0.3) is 5.91 Å². The maximum atomic E-state index is 12.1. The summed E-state index contributed by atoms with van der Waals surface area (Å²) in [6.07, 6.45) is 2.72. The number of nitrogens with zero attached hydrogens (tertiary/aromatic N) is 3. The number of nitrogens with two attached hydrogens (primary N) is 1. The molecular weight excluding hydrogens is 216 g/mol. The Kier molecular flexibility index (Phi) is 4.57. The van der Waals surface area contributed by atoms with Gasteiger partial charge in [-0.3, -0.25) is 4.79 Å². The molecule has 0 spiro atoms. The van der Waals surface area contributed by atoms with Crippen LogP contribution in [0.2, 0.25) is 0 Å². The smallest absolute Gasteiger partial charge is 0.270 e. The summed E-state index contributed by atoms with van der Waals surface area (Å²) in [7, 11) is 7.71. The van der Waals surface area contributed by atoms with Gasteiger partial charge in [-0.2, -0.15) is 0 Å². The first kappa shape index (κ1) is 13.6. The minimum atomic E-state index is 0.0166. The van der Waals surface area contributed by atoms with Crippen LogP contribution < -0.4 is 5.73 Å². The predicted molar refractivity (Wildman–Crippen MR) is 70.0 cm³/mol. The van der Waals surface area contributed by atoms with Gasteiger partial charge in [0.05, 0.1) is 5.69 Å². The molecule has 0 aliphatic carbocycles. The first-order valence-electron chi connectivity index (χ1n) is 5.74. The fraction of sp³-hybridized carbons (Fsp3) is 0.583. The van der Waals surface area contributed by atoms with E-state index in [4.69, 9.17) is 5.73 Å². The largest absolute Gasteiger partial charge is 0.397 e. The molecule has 0 radical (unpaired) electrons. The van der Waals surface area contributed by atoms with Crippen molar-refractivity contribution in [3.8, 4) is 0 Å². The number of rotatable bonds is 5. The molecule has 1 rings (SSSR count). The minimum Gasteiger partial charge on any atom is -0.397 e. The number of amides is 1. The Morgan fingerprint density at radius 1 is 1.35 bits per heavy atom. The highest BCUT2D eigenvalue weighted by atomic mass is 16.2. The molecule has 0 saturated heterocycles. The fourth-order valence-corrected chi connectivity index (χ4v) is 1.72. The highest BCUT2D eigenvalue weighted by Gasteiger charge is 2.15. The lowest BCUT2D eigenvalue weighted by Gasteiger charge is -2.18. The van der Waals surface area contributed by atoms with Crippen molar-refractivity contribution >= 4 is 11.6 Å². The maximum absolute atomic E-state index is 12.1. The molecule has 1 aromatic heterocycles. The monoisotopic (exact) mass is 238 g/mol. The van der Waals surface area contributed by atoms with E-state index >= 15 is 0 Å². The molecule has 2 N–H and O–H groups in total. The van der Waals surface area contributed by atoms with E-state index in [9.17, 15) is 4.79 Å². The van der Waals surface area contributed by atoms with E-state index in [2.05, 4.69) is 4.90 Å². The molecule has 0 atom stereocenters. The van der Waals surface area contributed by atoms with Gasteiger partial charge in [-0.25, -0.2) is 0 Å². The summed E-state index contributed by atoms with van der Waals surface area (Å²) in [6.45, 7) is 1.73. The van der Waals surface area contributed by atoms with Crippen molar-refractivity contribution in [1.29, 1.82) is 0 Å². The molecule has 0 unspecified atom stereocenters. The zero-order chi connectivity index (χ0) is 13.0. The lowest BCUT2D eigenvalue weighted by atomic mass is 10.3. The number of hydrogen-bond donors (Lipinski definition) is 1. The van der Waals surface area contributed by atoms with Crippen LogP contribution in [0.1, 0.15) is 16.9 Å². The van der Waals surface area contributed by atoms with Crippen LogP contribution in [0, 0.1) is 0 Å². The van der Waals surface area contributed by atoms with Gasteiger partial charge in [-0.1, -0.05) is 0 Å². The number of carbonyl (C=O) groups excluding carboxylic acids is 1. The molecule has 1 heterocycles. The van der Waals surface area contributed by atoms with Crippen molar-refractivity contribution in [1.82, 2.24) is 14.4 Å². The Hall–Kier alpha value is -1.49. The van der Waals surface area contributed by atoms with E-state index in [0.717, 1.165) is 19.5 Å². The molecular formula is C12H22N4O. The third-order valence-corrected chi connectivity index (χ3v) is 2.69. The minimum absolute atomic E-state index is 0.0166. The quantitative estimate of drug-likeness (QED) is 0.818. The first-order chi connectivity index (χ1) is 7.91. The van der Waals surface area contributed by atoms with E-state index in [1.807, 2.05) is 28.2 Å². The summed E-state index contributed by atoms with van der Waals surface area (Å²) in [4.78, 5) is 15.9. The second-order valence-electron chi connectivity index (χ2n) is 4.65. The zero-order valence-electron chi connectivity index (χ0n) is 11.1. The summed E-state index contributed by atoms with van der Waals surface area (Å²) in [5.41, 5.74) is 6.92. The highest BCUT2D eigenvalue weighted by Crippen LogP contribution is 2.10. The summed E-state index contributed by atoms with van der Waals surface area (Å²) in [5, 5.41) is 0. The van der Waals surface area contributed by atoms with E-state index in [0.29, 0.717) is 11.4 Å². The Labute approximate surface area is 103 Å². The number of carbonyl (C=O) groups is 1. The van der Waals surface area contributed by atoms with E-state index in [-0.39, 0.29) is 5.91 Å². The SMILES string of the molecule is CN(C)CCCN(C)C(=O)c1cc(N)cn1C. The summed E-state index contributed by atoms with van der Waals surface area (Å²) < 4.78 is 1.76. The molecule has 96 valence electrons. The van der Waals surface area contributed by atoms with Gasteiger partial charge in [0.1, 0.15) is 5.69 Å². The molecule has 5 nitrogen and oxygen atoms in total. The van der Waals surface area contributed by atoms with Gasteiger partial charge in [0.15, 0.2) is 0 Å². The van der Waals surface area contributed by atoms with Gasteiger partial charge in [0.2, 0.25) is 0 Å². The Morgan fingerprint density at radius 3 is 2.47 bits per heavy atom. The normalized spacial score (nSPS) is 10.9. The summed E-state index contributed by atoms with van der Waals surface area (Å²) in [6, 6.07) is 1.71. The van der Waals surface area contributed by atoms with Crippen LogP contribution in [-0.4, -0.2) is 54.5 Å². The van der Waals surface area contributed by atoms with Crippen molar-refractivity contribution < 1.29 is 4.79 Å².